The summed E-state index contributed by atoms with van der Waals surface area (Å²) in [6.07, 6.45) is 2.35. The monoisotopic (exact) mass is 391 g/mol. The largest absolute Gasteiger partial charge is 0.493 e. The lowest BCUT2D eigenvalue weighted by Gasteiger charge is -2.23. The molecule has 1 unspecified atom stereocenters. The Kier molecular flexibility index (Phi) is 5.52. The fraction of sp³-hybridized carbons (Fsp3) is 0.429. The zero-order valence-corrected chi connectivity index (χ0v) is 15.6. The van der Waals surface area contributed by atoms with Crippen molar-refractivity contribution < 1.29 is 27.7 Å². The number of alkyl halides is 2. The van der Waals surface area contributed by atoms with Crippen LogP contribution in [0.15, 0.2) is 36.4 Å². The molecular formula is C21H23F2NO4. The molecule has 2 aliphatic rings. The molecule has 5 nitrogen and oxygen atoms in total. The fourth-order valence-electron chi connectivity index (χ4n) is 3.48. The van der Waals surface area contributed by atoms with Crippen LogP contribution in [0.4, 0.5) is 8.78 Å². The van der Waals surface area contributed by atoms with Crippen LogP contribution < -0.4 is 24.3 Å². The highest BCUT2D eigenvalue weighted by molar-refractivity contribution is 5.45. The number of fused-ring (bicyclic) bond motifs is 1. The second kappa shape index (κ2) is 8.22. The van der Waals surface area contributed by atoms with Crippen molar-refractivity contribution in [2.45, 2.75) is 32.0 Å². The number of hydrogen-bond donors (Lipinski definition) is 1. The first-order valence-corrected chi connectivity index (χ1v) is 9.38. The highest BCUT2D eigenvalue weighted by Gasteiger charge is 2.32. The summed E-state index contributed by atoms with van der Waals surface area (Å²) in [4.78, 5) is 0. The molecular weight excluding hydrogens is 368 g/mol. The van der Waals surface area contributed by atoms with Gasteiger partial charge in [-0.2, -0.15) is 8.78 Å². The SMILES string of the molecule is COc1cc(CNC(c2ccc3c(c2)OCCO3)C2CC2)ccc1OC(F)F. The maximum atomic E-state index is 12.5. The molecule has 1 aliphatic heterocycles. The summed E-state index contributed by atoms with van der Waals surface area (Å²) in [6.45, 7) is -1.16. The minimum absolute atomic E-state index is 0.0341. The highest BCUT2D eigenvalue weighted by atomic mass is 19.3. The molecule has 2 aromatic rings. The Balaban J connectivity index is 1.47. The zero-order chi connectivity index (χ0) is 19.5. The van der Waals surface area contributed by atoms with Crippen LogP contribution >= 0.6 is 0 Å². The third-order valence-electron chi connectivity index (χ3n) is 4.99. The Labute approximate surface area is 162 Å². The lowest BCUT2D eigenvalue weighted by Crippen LogP contribution is -2.23. The second-order valence-corrected chi connectivity index (χ2v) is 6.96. The molecule has 1 aliphatic carbocycles. The average Bonchev–Trinajstić information content (AvgIpc) is 3.54. The van der Waals surface area contributed by atoms with Gasteiger partial charge in [0.05, 0.1) is 7.11 Å². The molecule has 150 valence electrons. The Bertz CT molecular complexity index is 826. The first kappa shape index (κ1) is 18.8. The van der Waals surface area contributed by atoms with Gasteiger partial charge in [-0.3, -0.25) is 0 Å². The number of halogens is 2. The predicted molar refractivity (Wildman–Crippen MR) is 99.4 cm³/mol. The number of rotatable bonds is 8. The van der Waals surface area contributed by atoms with Crippen LogP contribution in [0.2, 0.25) is 0 Å². The van der Waals surface area contributed by atoms with Crippen molar-refractivity contribution in [2.75, 3.05) is 20.3 Å². The van der Waals surface area contributed by atoms with Gasteiger partial charge in [0.25, 0.3) is 0 Å². The van der Waals surface area contributed by atoms with E-state index in [4.69, 9.17) is 14.2 Å². The molecule has 0 spiro atoms. The van der Waals surface area contributed by atoms with E-state index in [1.165, 1.54) is 26.0 Å². The van der Waals surface area contributed by atoms with Gasteiger partial charge in [-0.05, 0) is 54.2 Å². The first-order valence-electron chi connectivity index (χ1n) is 9.38. The van der Waals surface area contributed by atoms with Gasteiger partial charge < -0.3 is 24.3 Å². The molecule has 7 heteroatoms. The van der Waals surface area contributed by atoms with Crippen molar-refractivity contribution in [3.63, 3.8) is 0 Å². The number of ether oxygens (including phenoxy) is 4. The van der Waals surface area contributed by atoms with Crippen LogP contribution in [-0.4, -0.2) is 26.9 Å². The number of benzene rings is 2. The molecule has 0 bridgehead atoms. The number of methoxy groups -OCH3 is 1. The third kappa shape index (κ3) is 4.30. The molecule has 0 saturated heterocycles. The summed E-state index contributed by atoms with van der Waals surface area (Å²) in [7, 11) is 1.44. The van der Waals surface area contributed by atoms with Crippen molar-refractivity contribution in [3.05, 3.63) is 47.5 Å². The number of nitrogens with one attached hydrogen (secondary N) is 1. The van der Waals surface area contributed by atoms with Crippen molar-refractivity contribution in [3.8, 4) is 23.0 Å². The standard InChI is InChI=1S/C21H23F2NO4/c1-25-18-10-13(2-6-17(18)28-21(22)23)12-24-20(14-3-4-14)15-5-7-16-19(11-15)27-9-8-26-16/h2,5-7,10-11,14,20-21,24H,3-4,8-9,12H2,1H3. The van der Waals surface area contributed by atoms with Gasteiger partial charge in [-0.25, -0.2) is 0 Å². The average molecular weight is 391 g/mol. The topological polar surface area (TPSA) is 49.0 Å². The quantitative estimate of drug-likeness (QED) is 0.727. The summed E-state index contributed by atoms with van der Waals surface area (Å²) >= 11 is 0. The Morgan fingerprint density at radius 3 is 2.54 bits per heavy atom. The van der Waals surface area contributed by atoms with E-state index in [9.17, 15) is 8.78 Å². The van der Waals surface area contributed by atoms with E-state index < -0.39 is 6.61 Å². The summed E-state index contributed by atoms with van der Waals surface area (Å²) in [6, 6.07) is 11.3. The van der Waals surface area contributed by atoms with Crippen molar-refractivity contribution in [2.24, 2.45) is 5.92 Å². The molecule has 4 rings (SSSR count). The summed E-state index contributed by atoms with van der Waals surface area (Å²) in [5.74, 6) is 2.47. The van der Waals surface area contributed by atoms with Crippen LogP contribution in [0.5, 0.6) is 23.0 Å². The smallest absolute Gasteiger partial charge is 0.387 e. The molecule has 0 aromatic heterocycles. The fourth-order valence-corrected chi connectivity index (χ4v) is 3.48. The van der Waals surface area contributed by atoms with E-state index in [-0.39, 0.29) is 11.8 Å². The first-order chi connectivity index (χ1) is 13.6. The highest BCUT2D eigenvalue weighted by Crippen LogP contribution is 2.43. The second-order valence-electron chi connectivity index (χ2n) is 6.96. The van der Waals surface area contributed by atoms with Crippen LogP contribution in [0, 0.1) is 5.92 Å². The van der Waals surface area contributed by atoms with Crippen molar-refractivity contribution in [1.82, 2.24) is 5.32 Å². The molecule has 0 radical (unpaired) electrons. The molecule has 0 amide bonds. The van der Waals surface area contributed by atoms with Gasteiger partial charge >= 0.3 is 6.61 Å². The van der Waals surface area contributed by atoms with Crippen molar-refractivity contribution >= 4 is 0 Å². The van der Waals surface area contributed by atoms with Gasteiger partial charge in [0.2, 0.25) is 0 Å². The van der Waals surface area contributed by atoms with Crippen LogP contribution in [0.25, 0.3) is 0 Å². The van der Waals surface area contributed by atoms with E-state index in [0.717, 1.165) is 22.6 Å². The molecule has 1 saturated carbocycles. The van der Waals surface area contributed by atoms with Gasteiger partial charge in [0, 0.05) is 12.6 Å². The number of hydrogen-bond acceptors (Lipinski definition) is 5. The van der Waals surface area contributed by atoms with Gasteiger partial charge in [-0.1, -0.05) is 12.1 Å². The summed E-state index contributed by atoms with van der Waals surface area (Å²) in [5, 5.41) is 3.59. The van der Waals surface area contributed by atoms with E-state index in [2.05, 4.69) is 16.1 Å². The van der Waals surface area contributed by atoms with Crippen LogP contribution in [0.3, 0.4) is 0 Å². The van der Waals surface area contributed by atoms with Crippen LogP contribution in [0.1, 0.15) is 30.0 Å². The molecule has 1 fully saturated rings. The maximum Gasteiger partial charge on any atom is 0.387 e. The van der Waals surface area contributed by atoms with E-state index >= 15 is 0 Å². The minimum atomic E-state index is -2.88. The maximum absolute atomic E-state index is 12.5. The Morgan fingerprint density at radius 2 is 1.82 bits per heavy atom. The molecule has 28 heavy (non-hydrogen) atoms. The summed E-state index contributed by atoms with van der Waals surface area (Å²) in [5.41, 5.74) is 2.10. The minimum Gasteiger partial charge on any atom is -0.493 e. The van der Waals surface area contributed by atoms with E-state index in [0.29, 0.717) is 31.4 Å². The predicted octanol–water partition coefficient (Wildman–Crippen LogP) is 4.31. The Hall–Kier alpha value is -2.54. The third-order valence-corrected chi connectivity index (χ3v) is 4.99. The Morgan fingerprint density at radius 1 is 1.04 bits per heavy atom. The van der Waals surface area contributed by atoms with Gasteiger partial charge in [0.15, 0.2) is 23.0 Å². The lowest BCUT2D eigenvalue weighted by molar-refractivity contribution is -0.0512. The lowest BCUT2D eigenvalue weighted by atomic mass is 10.0. The molecule has 1 N–H and O–H groups in total. The molecule has 1 atom stereocenters. The van der Waals surface area contributed by atoms with Crippen molar-refractivity contribution in [1.29, 1.82) is 0 Å². The van der Waals surface area contributed by atoms with E-state index in [1.54, 1.807) is 12.1 Å². The van der Waals surface area contributed by atoms with E-state index in [1.807, 2.05) is 12.1 Å². The van der Waals surface area contributed by atoms with Crippen LogP contribution in [-0.2, 0) is 6.54 Å². The normalized spacial score (nSPS) is 16.7. The van der Waals surface area contributed by atoms with Gasteiger partial charge in [0.1, 0.15) is 13.2 Å². The zero-order valence-electron chi connectivity index (χ0n) is 15.6. The van der Waals surface area contributed by atoms with Gasteiger partial charge in [-0.15, -0.1) is 0 Å². The molecule has 2 aromatic carbocycles. The summed E-state index contributed by atoms with van der Waals surface area (Å²) < 4.78 is 45.9. The molecule has 1 heterocycles.